The Kier molecular flexibility index (Phi) is 4.73. The summed E-state index contributed by atoms with van der Waals surface area (Å²) >= 11 is 1.64. The molecule has 0 aromatic carbocycles. The SMILES string of the molecule is Cc1oc(-c2cccs2)nc1CN1CCCCCC1CO. The number of likely N-dealkylation sites (tertiary alicyclic amines) is 1. The molecule has 0 bridgehead atoms. The van der Waals surface area contributed by atoms with Crippen molar-refractivity contribution in [3.63, 3.8) is 0 Å². The fourth-order valence-electron chi connectivity index (χ4n) is 2.92. The van der Waals surface area contributed by atoms with Crippen LogP contribution in [0.5, 0.6) is 0 Å². The van der Waals surface area contributed by atoms with Gasteiger partial charge in [-0.3, -0.25) is 4.90 Å². The molecular weight excluding hydrogens is 284 g/mol. The van der Waals surface area contributed by atoms with Crippen LogP contribution in [0, 0.1) is 6.92 Å². The molecule has 114 valence electrons. The second-order valence-electron chi connectivity index (χ2n) is 5.66. The van der Waals surface area contributed by atoms with Crippen molar-refractivity contribution in [2.24, 2.45) is 0 Å². The van der Waals surface area contributed by atoms with Crippen molar-refractivity contribution >= 4 is 11.3 Å². The summed E-state index contributed by atoms with van der Waals surface area (Å²) in [5, 5.41) is 11.6. The van der Waals surface area contributed by atoms with E-state index in [9.17, 15) is 5.11 Å². The second kappa shape index (κ2) is 6.73. The lowest BCUT2D eigenvalue weighted by Crippen LogP contribution is -2.37. The Bertz CT molecular complexity index is 565. The van der Waals surface area contributed by atoms with Gasteiger partial charge in [0, 0.05) is 12.6 Å². The summed E-state index contributed by atoms with van der Waals surface area (Å²) in [4.78, 5) is 8.09. The van der Waals surface area contributed by atoms with Crippen LogP contribution >= 0.6 is 11.3 Å². The molecule has 3 rings (SSSR count). The highest BCUT2D eigenvalue weighted by Gasteiger charge is 2.23. The number of oxazole rings is 1. The standard InChI is InChI=1S/C16H22N2O2S/c1-12-14(17-16(20-12)15-7-5-9-21-15)10-18-8-4-2-3-6-13(18)11-19/h5,7,9,13,19H,2-4,6,8,10-11H2,1H3. The van der Waals surface area contributed by atoms with Crippen LogP contribution < -0.4 is 0 Å². The van der Waals surface area contributed by atoms with E-state index in [-0.39, 0.29) is 12.6 Å². The minimum atomic E-state index is 0.231. The maximum Gasteiger partial charge on any atom is 0.236 e. The van der Waals surface area contributed by atoms with Crippen molar-refractivity contribution in [2.45, 2.75) is 45.2 Å². The number of hydrogen-bond acceptors (Lipinski definition) is 5. The zero-order chi connectivity index (χ0) is 14.7. The van der Waals surface area contributed by atoms with Crippen molar-refractivity contribution in [1.82, 2.24) is 9.88 Å². The normalized spacial score (nSPS) is 20.6. The van der Waals surface area contributed by atoms with Gasteiger partial charge in [0.2, 0.25) is 5.89 Å². The van der Waals surface area contributed by atoms with Crippen LogP contribution in [0.25, 0.3) is 10.8 Å². The topological polar surface area (TPSA) is 49.5 Å². The zero-order valence-corrected chi connectivity index (χ0v) is 13.2. The van der Waals surface area contributed by atoms with Crippen molar-refractivity contribution in [3.8, 4) is 10.8 Å². The Hall–Kier alpha value is -1.17. The van der Waals surface area contributed by atoms with Gasteiger partial charge in [-0.2, -0.15) is 0 Å². The molecule has 1 saturated heterocycles. The molecule has 21 heavy (non-hydrogen) atoms. The van der Waals surface area contributed by atoms with E-state index < -0.39 is 0 Å². The average Bonchev–Trinajstić information content (AvgIpc) is 3.06. The molecule has 0 aliphatic carbocycles. The van der Waals surface area contributed by atoms with Crippen LogP contribution in [-0.2, 0) is 6.54 Å². The van der Waals surface area contributed by atoms with E-state index in [4.69, 9.17) is 4.42 Å². The molecule has 0 saturated carbocycles. The molecule has 3 heterocycles. The van der Waals surface area contributed by atoms with Gasteiger partial charge in [0.25, 0.3) is 0 Å². The Morgan fingerprint density at radius 2 is 2.33 bits per heavy atom. The van der Waals surface area contributed by atoms with Gasteiger partial charge in [-0.15, -0.1) is 11.3 Å². The van der Waals surface area contributed by atoms with Gasteiger partial charge in [0.1, 0.15) is 5.76 Å². The Morgan fingerprint density at radius 3 is 3.10 bits per heavy atom. The van der Waals surface area contributed by atoms with E-state index in [1.54, 1.807) is 11.3 Å². The molecule has 1 N–H and O–H groups in total. The van der Waals surface area contributed by atoms with Gasteiger partial charge in [-0.05, 0) is 37.8 Å². The second-order valence-corrected chi connectivity index (χ2v) is 6.60. The van der Waals surface area contributed by atoms with Crippen LogP contribution in [0.15, 0.2) is 21.9 Å². The first-order chi connectivity index (χ1) is 10.3. The number of aliphatic hydroxyl groups excluding tert-OH is 1. The molecule has 4 nitrogen and oxygen atoms in total. The van der Waals surface area contributed by atoms with Crippen LogP contribution in [0.2, 0.25) is 0 Å². The van der Waals surface area contributed by atoms with Gasteiger partial charge in [-0.1, -0.05) is 18.9 Å². The van der Waals surface area contributed by atoms with E-state index in [2.05, 4.69) is 9.88 Å². The molecule has 0 spiro atoms. The molecule has 2 aromatic heterocycles. The molecule has 1 unspecified atom stereocenters. The van der Waals surface area contributed by atoms with Crippen LogP contribution in [0.1, 0.15) is 37.1 Å². The van der Waals surface area contributed by atoms with Crippen LogP contribution in [-0.4, -0.2) is 34.2 Å². The quantitative estimate of drug-likeness (QED) is 0.940. The number of aromatic nitrogens is 1. The smallest absolute Gasteiger partial charge is 0.236 e. The lowest BCUT2D eigenvalue weighted by atomic mass is 10.1. The first-order valence-electron chi connectivity index (χ1n) is 7.63. The van der Waals surface area contributed by atoms with Crippen LogP contribution in [0.4, 0.5) is 0 Å². The van der Waals surface area contributed by atoms with Crippen molar-refractivity contribution in [1.29, 1.82) is 0 Å². The number of nitrogens with zero attached hydrogens (tertiary/aromatic N) is 2. The first kappa shape index (κ1) is 14.8. The summed E-state index contributed by atoms with van der Waals surface area (Å²) in [5.41, 5.74) is 0.999. The largest absolute Gasteiger partial charge is 0.440 e. The number of rotatable bonds is 4. The summed E-state index contributed by atoms with van der Waals surface area (Å²) in [6, 6.07) is 4.30. The molecule has 0 amide bonds. The Labute approximate surface area is 129 Å². The molecule has 1 atom stereocenters. The maximum absolute atomic E-state index is 9.61. The maximum atomic E-state index is 9.61. The predicted octanol–water partition coefficient (Wildman–Crippen LogP) is 3.45. The molecule has 1 fully saturated rings. The highest BCUT2D eigenvalue weighted by molar-refractivity contribution is 7.13. The third-order valence-electron chi connectivity index (χ3n) is 4.19. The van der Waals surface area contributed by atoms with Gasteiger partial charge in [0.05, 0.1) is 17.2 Å². The van der Waals surface area contributed by atoms with Gasteiger partial charge < -0.3 is 9.52 Å². The number of thiophene rings is 1. The molecule has 1 aliphatic rings. The number of aryl methyl sites for hydroxylation is 1. The summed E-state index contributed by atoms with van der Waals surface area (Å²) in [6.07, 6.45) is 4.74. The van der Waals surface area contributed by atoms with Crippen LogP contribution in [0.3, 0.4) is 0 Å². The van der Waals surface area contributed by atoms with Crippen molar-refractivity contribution in [2.75, 3.05) is 13.2 Å². The summed E-state index contributed by atoms with van der Waals surface area (Å²) in [7, 11) is 0. The number of hydrogen-bond donors (Lipinski definition) is 1. The van der Waals surface area contributed by atoms with Crippen molar-refractivity contribution < 1.29 is 9.52 Å². The third-order valence-corrected chi connectivity index (χ3v) is 5.05. The minimum Gasteiger partial charge on any atom is -0.440 e. The Balaban J connectivity index is 1.77. The highest BCUT2D eigenvalue weighted by Crippen LogP contribution is 2.27. The average molecular weight is 306 g/mol. The van der Waals surface area contributed by atoms with E-state index in [0.717, 1.165) is 35.8 Å². The van der Waals surface area contributed by atoms with Crippen molar-refractivity contribution in [3.05, 3.63) is 29.0 Å². The van der Waals surface area contributed by atoms with Gasteiger partial charge in [-0.25, -0.2) is 4.98 Å². The minimum absolute atomic E-state index is 0.231. The number of aliphatic hydroxyl groups is 1. The summed E-state index contributed by atoms with van der Waals surface area (Å²) in [5.74, 6) is 1.60. The molecule has 5 heteroatoms. The predicted molar refractivity (Wildman–Crippen MR) is 84.3 cm³/mol. The van der Waals surface area contributed by atoms with E-state index in [1.165, 1.54) is 19.3 Å². The summed E-state index contributed by atoms with van der Waals surface area (Å²) in [6.45, 7) is 4.01. The van der Waals surface area contributed by atoms with E-state index in [1.807, 2.05) is 24.4 Å². The third kappa shape index (κ3) is 3.36. The van der Waals surface area contributed by atoms with E-state index in [0.29, 0.717) is 5.89 Å². The van der Waals surface area contributed by atoms with Gasteiger partial charge in [0.15, 0.2) is 0 Å². The zero-order valence-electron chi connectivity index (χ0n) is 12.4. The lowest BCUT2D eigenvalue weighted by Gasteiger charge is -2.27. The molecule has 0 radical (unpaired) electrons. The monoisotopic (exact) mass is 306 g/mol. The highest BCUT2D eigenvalue weighted by atomic mass is 32.1. The molecule has 2 aromatic rings. The van der Waals surface area contributed by atoms with E-state index >= 15 is 0 Å². The Morgan fingerprint density at radius 1 is 1.43 bits per heavy atom. The first-order valence-corrected chi connectivity index (χ1v) is 8.51. The molecule has 1 aliphatic heterocycles. The molecular formula is C16H22N2O2S. The fourth-order valence-corrected chi connectivity index (χ4v) is 3.57. The lowest BCUT2D eigenvalue weighted by molar-refractivity contribution is 0.117. The fraction of sp³-hybridized carbons (Fsp3) is 0.562. The summed E-state index contributed by atoms with van der Waals surface area (Å²) < 4.78 is 5.81. The van der Waals surface area contributed by atoms with Gasteiger partial charge >= 0.3 is 0 Å².